The fourth-order valence-electron chi connectivity index (χ4n) is 4.65. The van der Waals surface area contributed by atoms with Gasteiger partial charge in [0.1, 0.15) is 23.6 Å². The van der Waals surface area contributed by atoms with E-state index in [-0.39, 0.29) is 5.56 Å². The van der Waals surface area contributed by atoms with Gasteiger partial charge in [0.25, 0.3) is 0 Å². The molecule has 2 fully saturated rings. The second-order valence-corrected chi connectivity index (χ2v) is 9.54. The van der Waals surface area contributed by atoms with E-state index in [9.17, 15) is 4.79 Å². The Morgan fingerprint density at radius 2 is 1.92 bits per heavy atom. The van der Waals surface area contributed by atoms with Crippen LogP contribution in [-0.2, 0) is 0 Å². The molecule has 0 radical (unpaired) electrons. The van der Waals surface area contributed by atoms with Gasteiger partial charge in [-0.1, -0.05) is 43.6 Å². The van der Waals surface area contributed by atoms with Crippen LogP contribution >= 0.6 is 0 Å². The standard InChI is InChI=1S/C28H31FN6O/c1-3-19(12-9-17(2)18-10-11-18)33-23-14-13-21(26(29)35-23)25(36)22-15-30-27-24(22)28(32-16-31-27)34-20-7-5-4-6-8-20/h3,9,12-16,18,20H,2,4-8,10-11H2,1H3,(H,33,35)(H2,30,31,32,34)/b12-9-,19-3+. The van der Waals surface area contributed by atoms with Crippen molar-refractivity contribution >= 4 is 28.5 Å². The number of nitrogens with one attached hydrogen (secondary N) is 3. The predicted molar refractivity (Wildman–Crippen MR) is 140 cm³/mol. The number of aromatic nitrogens is 4. The molecule has 8 heteroatoms. The van der Waals surface area contributed by atoms with Crippen LogP contribution in [0.25, 0.3) is 11.0 Å². The van der Waals surface area contributed by atoms with Crippen molar-refractivity contribution < 1.29 is 9.18 Å². The molecule has 0 spiro atoms. The lowest BCUT2D eigenvalue weighted by Crippen LogP contribution is -2.23. The Balaban J connectivity index is 1.36. The summed E-state index contributed by atoms with van der Waals surface area (Å²) in [6.07, 6.45) is 16.9. The van der Waals surface area contributed by atoms with E-state index >= 15 is 4.39 Å². The van der Waals surface area contributed by atoms with E-state index in [2.05, 4.69) is 37.1 Å². The van der Waals surface area contributed by atoms with Crippen LogP contribution in [0.2, 0.25) is 0 Å². The maximum atomic E-state index is 15.1. The molecule has 2 saturated carbocycles. The highest BCUT2D eigenvalue weighted by Gasteiger charge is 2.24. The van der Waals surface area contributed by atoms with Crippen molar-refractivity contribution in [2.75, 3.05) is 10.6 Å². The van der Waals surface area contributed by atoms with E-state index in [0.717, 1.165) is 24.1 Å². The van der Waals surface area contributed by atoms with E-state index in [4.69, 9.17) is 0 Å². The first-order chi connectivity index (χ1) is 17.5. The number of carbonyl (C=O) groups excluding carboxylic acids is 1. The topological polar surface area (TPSA) is 95.6 Å². The number of rotatable bonds is 9. The first-order valence-electron chi connectivity index (χ1n) is 12.6. The quantitative estimate of drug-likeness (QED) is 0.186. The number of H-pyrrole nitrogens is 1. The van der Waals surface area contributed by atoms with Crippen LogP contribution in [0.4, 0.5) is 16.0 Å². The molecule has 7 nitrogen and oxygen atoms in total. The summed E-state index contributed by atoms with van der Waals surface area (Å²) in [5, 5.41) is 7.16. The lowest BCUT2D eigenvalue weighted by molar-refractivity contribution is 0.103. The van der Waals surface area contributed by atoms with Crippen LogP contribution in [0.5, 0.6) is 0 Å². The predicted octanol–water partition coefficient (Wildman–Crippen LogP) is 6.31. The molecule has 0 aromatic carbocycles. The summed E-state index contributed by atoms with van der Waals surface area (Å²) in [6.45, 7) is 5.98. The molecule has 5 rings (SSSR count). The van der Waals surface area contributed by atoms with Crippen molar-refractivity contribution in [3.05, 3.63) is 77.8 Å². The van der Waals surface area contributed by atoms with Crippen LogP contribution < -0.4 is 10.6 Å². The minimum absolute atomic E-state index is 0.103. The Hall–Kier alpha value is -3.81. The normalized spacial score (nSPS) is 17.0. The van der Waals surface area contributed by atoms with Crippen molar-refractivity contribution in [2.24, 2.45) is 5.92 Å². The molecule has 3 aromatic heterocycles. The van der Waals surface area contributed by atoms with Crippen LogP contribution in [-0.4, -0.2) is 31.8 Å². The molecule has 3 N–H and O–H groups in total. The first kappa shape index (κ1) is 23.9. The Kier molecular flexibility index (Phi) is 6.93. The number of carbonyl (C=O) groups is 1. The van der Waals surface area contributed by atoms with Gasteiger partial charge in [0.05, 0.1) is 16.5 Å². The monoisotopic (exact) mass is 486 g/mol. The average Bonchev–Trinajstić information content (AvgIpc) is 3.65. The highest BCUT2D eigenvalue weighted by molar-refractivity contribution is 6.18. The molecule has 0 aliphatic heterocycles. The minimum atomic E-state index is -0.834. The Labute approximate surface area is 210 Å². The second kappa shape index (κ2) is 10.4. The van der Waals surface area contributed by atoms with Gasteiger partial charge in [-0.25, -0.2) is 15.0 Å². The third kappa shape index (κ3) is 5.22. The maximum Gasteiger partial charge on any atom is 0.226 e. The Morgan fingerprint density at radius 1 is 1.11 bits per heavy atom. The van der Waals surface area contributed by atoms with Crippen LogP contribution in [0.15, 0.2) is 60.7 Å². The highest BCUT2D eigenvalue weighted by atomic mass is 19.1. The van der Waals surface area contributed by atoms with E-state index in [1.807, 2.05) is 25.2 Å². The number of pyridine rings is 1. The summed E-state index contributed by atoms with van der Waals surface area (Å²) >= 11 is 0. The molecular weight excluding hydrogens is 455 g/mol. The van der Waals surface area contributed by atoms with Crippen LogP contribution in [0.3, 0.4) is 0 Å². The van der Waals surface area contributed by atoms with Gasteiger partial charge in [-0.05, 0) is 56.7 Å². The molecule has 36 heavy (non-hydrogen) atoms. The summed E-state index contributed by atoms with van der Waals surface area (Å²) in [5.74, 6) is 0.195. The highest BCUT2D eigenvalue weighted by Crippen LogP contribution is 2.36. The molecule has 3 heterocycles. The van der Waals surface area contributed by atoms with Gasteiger partial charge in [0.15, 0.2) is 5.78 Å². The zero-order chi connectivity index (χ0) is 25.1. The van der Waals surface area contributed by atoms with Crippen LogP contribution in [0, 0.1) is 11.9 Å². The van der Waals surface area contributed by atoms with Gasteiger partial charge in [0.2, 0.25) is 5.95 Å². The molecule has 0 bridgehead atoms. The number of hydrogen-bond donors (Lipinski definition) is 3. The fourth-order valence-corrected chi connectivity index (χ4v) is 4.65. The average molecular weight is 487 g/mol. The summed E-state index contributed by atoms with van der Waals surface area (Å²) in [6, 6.07) is 3.37. The Morgan fingerprint density at radius 3 is 2.64 bits per heavy atom. The number of hydrogen-bond acceptors (Lipinski definition) is 6. The van der Waals surface area contributed by atoms with Crippen molar-refractivity contribution in [2.45, 2.75) is 57.9 Å². The third-order valence-electron chi connectivity index (χ3n) is 6.92. The minimum Gasteiger partial charge on any atom is -0.367 e. The lowest BCUT2D eigenvalue weighted by Gasteiger charge is -2.23. The largest absolute Gasteiger partial charge is 0.367 e. The number of fused-ring (bicyclic) bond motifs is 1. The van der Waals surface area contributed by atoms with Gasteiger partial charge in [-0.3, -0.25) is 4.79 Å². The lowest BCUT2D eigenvalue weighted by atomic mass is 9.95. The number of aromatic amines is 1. The van der Waals surface area contributed by atoms with Gasteiger partial charge in [-0.15, -0.1) is 0 Å². The SMILES string of the molecule is C=C(/C=C\C(=C/C)Nc1ccc(C(=O)c2c[nH]c3ncnc(NC4CCCCC4)c23)c(F)n1)C1CC1. The molecular formula is C28H31FN6O. The van der Waals surface area contributed by atoms with Gasteiger partial charge < -0.3 is 15.6 Å². The Bertz CT molecular complexity index is 1350. The third-order valence-corrected chi connectivity index (χ3v) is 6.92. The molecule has 0 amide bonds. The smallest absolute Gasteiger partial charge is 0.226 e. The second-order valence-electron chi connectivity index (χ2n) is 9.54. The molecule has 0 unspecified atom stereocenters. The van der Waals surface area contributed by atoms with Gasteiger partial charge in [-0.2, -0.15) is 4.39 Å². The first-order valence-corrected chi connectivity index (χ1v) is 12.6. The van der Waals surface area contributed by atoms with Crippen molar-refractivity contribution in [1.82, 2.24) is 19.9 Å². The van der Waals surface area contributed by atoms with Crippen LogP contribution in [0.1, 0.15) is 67.8 Å². The summed E-state index contributed by atoms with van der Waals surface area (Å²) < 4.78 is 15.1. The van der Waals surface area contributed by atoms with E-state index in [0.29, 0.717) is 40.2 Å². The van der Waals surface area contributed by atoms with Crippen molar-refractivity contribution in [3.8, 4) is 0 Å². The number of ketones is 1. The summed E-state index contributed by atoms with van der Waals surface area (Å²) in [7, 11) is 0. The van der Waals surface area contributed by atoms with E-state index < -0.39 is 11.7 Å². The number of anilines is 2. The number of halogens is 1. The number of nitrogens with zero attached hydrogens (tertiary/aromatic N) is 3. The molecule has 2 aliphatic rings. The van der Waals surface area contributed by atoms with E-state index in [1.54, 1.807) is 12.3 Å². The fraction of sp³-hybridized carbons (Fsp3) is 0.357. The maximum absolute atomic E-state index is 15.1. The molecule has 2 aliphatic carbocycles. The molecule has 0 atom stereocenters. The molecule has 186 valence electrons. The van der Waals surface area contributed by atoms with Gasteiger partial charge in [0, 0.05) is 17.9 Å². The molecule has 3 aromatic rings. The van der Waals surface area contributed by atoms with Crippen molar-refractivity contribution in [1.29, 1.82) is 0 Å². The number of allylic oxidation sites excluding steroid dienone is 4. The molecule has 0 saturated heterocycles. The zero-order valence-electron chi connectivity index (χ0n) is 20.5. The van der Waals surface area contributed by atoms with E-state index in [1.165, 1.54) is 44.5 Å². The van der Waals surface area contributed by atoms with Crippen molar-refractivity contribution in [3.63, 3.8) is 0 Å². The van der Waals surface area contributed by atoms with Gasteiger partial charge >= 0.3 is 0 Å². The zero-order valence-corrected chi connectivity index (χ0v) is 20.5. The summed E-state index contributed by atoms with van der Waals surface area (Å²) in [4.78, 5) is 29.1. The summed E-state index contributed by atoms with van der Waals surface area (Å²) in [5.41, 5.74) is 2.62.